The highest BCUT2D eigenvalue weighted by Gasteiger charge is 2.05. The number of nitrogens with zero attached hydrogens (tertiary/aromatic N) is 1. The van der Waals surface area contributed by atoms with Gasteiger partial charge in [-0.25, -0.2) is 9.38 Å². The first-order valence-electron chi connectivity index (χ1n) is 9.13. The molecule has 0 atom stereocenters. The molecule has 150 valence electrons. The number of benzene rings is 2. The number of halogens is 2. The second kappa shape index (κ2) is 10.3. The lowest BCUT2D eigenvalue weighted by Crippen LogP contribution is -2.38. The maximum atomic E-state index is 13.4. The molecule has 1 heterocycles. The fourth-order valence-electron chi connectivity index (χ4n) is 2.98. The summed E-state index contributed by atoms with van der Waals surface area (Å²) in [6.45, 7) is 5.89. The Kier molecular flexibility index (Phi) is 8.10. The van der Waals surface area contributed by atoms with Gasteiger partial charge in [-0.3, -0.25) is 0 Å². The molecule has 0 unspecified atom stereocenters. The monoisotopic (exact) mass is 496 g/mol. The van der Waals surface area contributed by atoms with Crippen LogP contribution in [0.3, 0.4) is 0 Å². The van der Waals surface area contributed by atoms with Crippen molar-refractivity contribution >= 4 is 40.8 Å². The number of nitrogens with one attached hydrogen (secondary N) is 3. The van der Waals surface area contributed by atoms with E-state index in [0.29, 0.717) is 18.1 Å². The SMILES string of the molecule is CCNC(=NCc1ccc(O)c(F)c1)NCCc1c[nH]c2cc(C)ccc12.I. The van der Waals surface area contributed by atoms with Gasteiger partial charge in [-0.05, 0) is 55.2 Å². The molecule has 0 fully saturated rings. The molecule has 0 saturated heterocycles. The van der Waals surface area contributed by atoms with E-state index in [2.05, 4.69) is 51.9 Å². The zero-order valence-electron chi connectivity index (χ0n) is 16.1. The maximum Gasteiger partial charge on any atom is 0.191 e. The van der Waals surface area contributed by atoms with Crippen molar-refractivity contribution in [2.45, 2.75) is 26.8 Å². The van der Waals surface area contributed by atoms with Crippen LogP contribution in [0.2, 0.25) is 0 Å². The smallest absolute Gasteiger partial charge is 0.191 e. The van der Waals surface area contributed by atoms with Gasteiger partial charge in [0.05, 0.1) is 6.54 Å². The van der Waals surface area contributed by atoms with Crippen molar-refractivity contribution in [3.8, 4) is 5.75 Å². The van der Waals surface area contributed by atoms with E-state index in [1.54, 1.807) is 6.07 Å². The van der Waals surface area contributed by atoms with Crippen molar-refractivity contribution in [2.75, 3.05) is 13.1 Å². The van der Waals surface area contributed by atoms with Crippen LogP contribution in [-0.2, 0) is 13.0 Å². The van der Waals surface area contributed by atoms with Gasteiger partial charge in [0.15, 0.2) is 17.5 Å². The van der Waals surface area contributed by atoms with Gasteiger partial charge in [0.25, 0.3) is 0 Å². The summed E-state index contributed by atoms with van der Waals surface area (Å²) in [5, 5.41) is 17.0. The van der Waals surface area contributed by atoms with Crippen molar-refractivity contribution in [1.82, 2.24) is 15.6 Å². The third-order valence-corrected chi connectivity index (χ3v) is 4.39. The Morgan fingerprint density at radius 3 is 2.75 bits per heavy atom. The van der Waals surface area contributed by atoms with Crippen molar-refractivity contribution < 1.29 is 9.50 Å². The van der Waals surface area contributed by atoms with E-state index in [1.807, 2.05) is 6.92 Å². The summed E-state index contributed by atoms with van der Waals surface area (Å²) in [5.74, 6) is -0.293. The summed E-state index contributed by atoms with van der Waals surface area (Å²) in [7, 11) is 0. The van der Waals surface area contributed by atoms with Crippen molar-refractivity contribution in [3.05, 3.63) is 65.1 Å². The van der Waals surface area contributed by atoms with Gasteiger partial charge in [-0.15, -0.1) is 24.0 Å². The molecule has 1 aromatic heterocycles. The Balaban J connectivity index is 0.00000280. The molecule has 0 bridgehead atoms. The number of phenolic OH excluding ortho intramolecular Hbond substituents is 1. The predicted molar refractivity (Wildman–Crippen MR) is 123 cm³/mol. The number of aromatic hydroxyl groups is 1. The second-order valence-corrected chi connectivity index (χ2v) is 6.52. The number of rotatable bonds is 6. The number of hydrogen-bond donors (Lipinski definition) is 4. The van der Waals surface area contributed by atoms with Crippen molar-refractivity contribution in [3.63, 3.8) is 0 Å². The summed E-state index contributed by atoms with van der Waals surface area (Å²) < 4.78 is 13.4. The molecule has 3 aromatic rings. The molecule has 4 N–H and O–H groups in total. The minimum Gasteiger partial charge on any atom is -0.505 e. The highest BCUT2D eigenvalue weighted by Crippen LogP contribution is 2.19. The predicted octanol–water partition coefficient (Wildman–Crippen LogP) is 4.24. The Morgan fingerprint density at radius 2 is 2.00 bits per heavy atom. The third kappa shape index (κ3) is 5.60. The minimum atomic E-state index is -0.629. The minimum absolute atomic E-state index is 0. The van der Waals surface area contributed by atoms with Gasteiger partial charge >= 0.3 is 0 Å². The molecule has 3 rings (SSSR count). The number of fused-ring (bicyclic) bond motifs is 1. The summed E-state index contributed by atoms with van der Waals surface area (Å²) in [6.07, 6.45) is 2.91. The number of hydrogen-bond acceptors (Lipinski definition) is 2. The van der Waals surface area contributed by atoms with Gasteiger partial charge in [0, 0.05) is 30.2 Å². The highest BCUT2D eigenvalue weighted by atomic mass is 127. The van der Waals surface area contributed by atoms with Crippen LogP contribution in [0.4, 0.5) is 4.39 Å². The third-order valence-electron chi connectivity index (χ3n) is 4.39. The quantitative estimate of drug-likeness (QED) is 0.235. The first kappa shape index (κ1) is 22.0. The normalized spacial score (nSPS) is 11.3. The molecule has 0 aliphatic rings. The van der Waals surface area contributed by atoms with E-state index in [-0.39, 0.29) is 29.7 Å². The molecule has 0 aliphatic carbocycles. The summed E-state index contributed by atoms with van der Waals surface area (Å²) >= 11 is 0. The molecule has 0 amide bonds. The molecule has 0 radical (unpaired) electrons. The number of aliphatic imine (C=N–C) groups is 1. The molecule has 0 aliphatic heterocycles. The summed E-state index contributed by atoms with van der Waals surface area (Å²) in [4.78, 5) is 7.80. The van der Waals surface area contributed by atoms with E-state index in [4.69, 9.17) is 0 Å². The number of guanidine groups is 1. The Morgan fingerprint density at radius 1 is 1.18 bits per heavy atom. The fraction of sp³-hybridized carbons (Fsp3) is 0.286. The van der Waals surface area contributed by atoms with Crippen LogP contribution in [0.25, 0.3) is 10.9 Å². The number of aromatic nitrogens is 1. The Hall–Kier alpha value is -2.29. The zero-order valence-corrected chi connectivity index (χ0v) is 18.4. The molecular weight excluding hydrogens is 470 g/mol. The Labute approximate surface area is 181 Å². The van der Waals surface area contributed by atoms with E-state index in [1.165, 1.54) is 28.6 Å². The van der Waals surface area contributed by atoms with Crippen LogP contribution in [0, 0.1) is 12.7 Å². The number of aryl methyl sites for hydroxylation is 1. The van der Waals surface area contributed by atoms with Crippen LogP contribution in [0.1, 0.15) is 23.6 Å². The highest BCUT2D eigenvalue weighted by molar-refractivity contribution is 14.0. The van der Waals surface area contributed by atoms with E-state index >= 15 is 0 Å². The molecule has 2 aromatic carbocycles. The van der Waals surface area contributed by atoms with Crippen LogP contribution in [-0.4, -0.2) is 29.1 Å². The largest absolute Gasteiger partial charge is 0.505 e. The molecular formula is C21H26FIN4O. The van der Waals surface area contributed by atoms with Crippen LogP contribution < -0.4 is 10.6 Å². The average molecular weight is 496 g/mol. The molecule has 28 heavy (non-hydrogen) atoms. The summed E-state index contributed by atoms with van der Waals surface area (Å²) in [6, 6.07) is 10.7. The molecule has 7 heteroatoms. The number of H-pyrrole nitrogens is 1. The van der Waals surface area contributed by atoms with E-state index < -0.39 is 5.82 Å². The standard InChI is InChI=1S/C21H25FN4O.HI/c1-3-23-21(26-12-15-5-7-20(27)18(22)11-15)24-9-8-16-13-25-19-10-14(2)4-6-17(16)19;/h4-7,10-11,13,25,27H,3,8-9,12H2,1-2H3,(H2,23,24,26);1H. The average Bonchev–Trinajstić information content (AvgIpc) is 3.04. The van der Waals surface area contributed by atoms with E-state index in [9.17, 15) is 9.50 Å². The van der Waals surface area contributed by atoms with Crippen LogP contribution in [0.15, 0.2) is 47.6 Å². The van der Waals surface area contributed by atoms with Gasteiger partial charge in [0.1, 0.15) is 0 Å². The van der Waals surface area contributed by atoms with Gasteiger partial charge < -0.3 is 20.7 Å². The van der Waals surface area contributed by atoms with Gasteiger partial charge in [-0.2, -0.15) is 0 Å². The van der Waals surface area contributed by atoms with Crippen molar-refractivity contribution in [1.29, 1.82) is 0 Å². The van der Waals surface area contributed by atoms with Gasteiger partial charge in [-0.1, -0.05) is 18.2 Å². The van der Waals surface area contributed by atoms with Crippen molar-refractivity contribution in [2.24, 2.45) is 4.99 Å². The lowest BCUT2D eigenvalue weighted by Gasteiger charge is -2.11. The molecule has 0 saturated carbocycles. The second-order valence-electron chi connectivity index (χ2n) is 6.52. The topological polar surface area (TPSA) is 72.4 Å². The first-order valence-corrected chi connectivity index (χ1v) is 9.13. The Bertz CT molecular complexity index is 955. The number of aromatic amines is 1. The molecule has 0 spiro atoms. The fourth-order valence-corrected chi connectivity index (χ4v) is 2.98. The van der Waals surface area contributed by atoms with Gasteiger partial charge in [0.2, 0.25) is 0 Å². The maximum absolute atomic E-state index is 13.4. The summed E-state index contributed by atoms with van der Waals surface area (Å²) in [5.41, 5.74) is 4.35. The van der Waals surface area contributed by atoms with Crippen LogP contribution >= 0.6 is 24.0 Å². The lowest BCUT2D eigenvalue weighted by atomic mass is 10.1. The first-order chi connectivity index (χ1) is 13.1. The molecule has 5 nitrogen and oxygen atoms in total. The van der Waals surface area contributed by atoms with E-state index in [0.717, 1.165) is 25.0 Å². The zero-order chi connectivity index (χ0) is 19.2. The van der Waals surface area contributed by atoms with Crippen LogP contribution in [0.5, 0.6) is 5.75 Å². The lowest BCUT2D eigenvalue weighted by molar-refractivity contribution is 0.432. The number of phenols is 1.